The van der Waals surface area contributed by atoms with Crippen molar-refractivity contribution in [1.82, 2.24) is 10.2 Å². The standard InChI is InChI=1S/C29H33Cl2N3O4S/c1-5-21(3)32-29(36)22(4)33(18-23-9-7-6-8-10-23)28(35)19-34(27-17-24(30)13-16-26(27)31)39(37,38)25-14-11-20(2)12-15-25/h6-17,21-22H,5,18-19H2,1-4H3,(H,32,36)/t21-,22-/m0/s1. The van der Waals surface area contributed by atoms with Gasteiger partial charge in [-0.15, -0.1) is 0 Å². The monoisotopic (exact) mass is 589 g/mol. The van der Waals surface area contributed by atoms with E-state index in [-0.39, 0.29) is 39.1 Å². The van der Waals surface area contributed by atoms with Gasteiger partial charge >= 0.3 is 0 Å². The summed E-state index contributed by atoms with van der Waals surface area (Å²) >= 11 is 12.6. The second-order valence-electron chi connectivity index (χ2n) is 9.42. The van der Waals surface area contributed by atoms with Crippen LogP contribution < -0.4 is 9.62 Å². The number of halogens is 2. The number of rotatable bonds is 11. The third-order valence-electron chi connectivity index (χ3n) is 6.43. The van der Waals surface area contributed by atoms with E-state index >= 15 is 0 Å². The fraction of sp³-hybridized carbons (Fsp3) is 0.310. The minimum absolute atomic E-state index is 0.00545. The van der Waals surface area contributed by atoms with Crippen LogP contribution >= 0.6 is 23.2 Å². The molecule has 0 aliphatic rings. The molecule has 208 valence electrons. The summed E-state index contributed by atoms with van der Waals surface area (Å²) in [4.78, 5) is 28.4. The van der Waals surface area contributed by atoms with Gasteiger partial charge in [0.15, 0.2) is 0 Å². The smallest absolute Gasteiger partial charge is 0.264 e. The summed E-state index contributed by atoms with van der Waals surface area (Å²) in [7, 11) is -4.24. The van der Waals surface area contributed by atoms with Crippen LogP contribution in [0, 0.1) is 6.92 Å². The lowest BCUT2D eigenvalue weighted by molar-refractivity contribution is -0.139. The number of aryl methyl sites for hydroxylation is 1. The van der Waals surface area contributed by atoms with Crippen molar-refractivity contribution in [3.63, 3.8) is 0 Å². The molecule has 0 unspecified atom stereocenters. The van der Waals surface area contributed by atoms with E-state index in [1.54, 1.807) is 19.1 Å². The SMILES string of the molecule is CC[C@H](C)NC(=O)[C@H](C)N(Cc1ccccc1)C(=O)CN(c1cc(Cl)ccc1Cl)S(=O)(=O)c1ccc(C)cc1. The maximum atomic E-state index is 13.9. The van der Waals surface area contributed by atoms with Gasteiger partial charge in [-0.25, -0.2) is 8.42 Å². The average molecular weight is 591 g/mol. The third kappa shape index (κ3) is 7.75. The van der Waals surface area contributed by atoms with Gasteiger partial charge in [0.05, 0.1) is 15.6 Å². The lowest BCUT2D eigenvalue weighted by Crippen LogP contribution is -2.52. The molecule has 0 aromatic heterocycles. The number of carbonyl (C=O) groups excluding carboxylic acids is 2. The van der Waals surface area contributed by atoms with Gasteiger partial charge < -0.3 is 10.2 Å². The van der Waals surface area contributed by atoms with Crippen LogP contribution in [0.1, 0.15) is 38.3 Å². The van der Waals surface area contributed by atoms with Crippen LogP contribution in [0.2, 0.25) is 10.0 Å². The molecule has 3 aromatic carbocycles. The minimum atomic E-state index is -4.24. The molecule has 0 aliphatic heterocycles. The Kier molecular flexibility index (Phi) is 10.4. The van der Waals surface area contributed by atoms with E-state index in [4.69, 9.17) is 23.2 Å². The molecule has 2 atom stereocenters. The van der Waals surface area contributed by atoms with Crippen molar-refractivity contribution in [2.24, 2.45) is 0 Å². The number of hydrogen-bond acceptors (Lipinski definition) is 4. The fourth-order valence-electron chi connectivity index (χ4n) is 3.86. The van der Waals surface area contributed by atoms with Crippen LogP contribution in [0.4, 0.5) is 5.69 Å². The maximum Gasteiger partial charge on any atom is 0.264 e. The van der Waals surface area contributed by atoms with E-state index in [1.165, 1.54) is 35.2 Å². The number of nitrogens with zero attached hydrogens (tertiary/aromatic N) is 2. The summed E-state index contributed by atoms with van der Waals surface area (Å²) in [6.07, 6.45) is 0.723. The Labute approximate surface area is 240 Å². The van der Waals surface area contributed by atoms with Crippen molar-refractivity contribution >= 4 is 50.7 Å². The van der Waals surface area contributed by atoms with Crippen molar-refractivity contribution < 1.29 is 18.0 Å². The highest BCUT2D eigenvalue weighted by molar-refractivity contribution is 7.92. The number of anilines is 1. The van der Waals surface area contributed by atoms with Gasteiger partial charge in [0.1, 0.15) is 12.6 Å². The van der Waals surface area contributed by atoms with Crippen molar-refractivity contribution in [3.8, 4) is 0 Å². The van der Waals surface area contributed by atoms with E-state index in [1.807, 2.05) is 51.1 Å². The molecule has 0 bridgehead atoms. The molecule has 0 radical (unpaired) electrons. The third-order valence-corrected chi connectivity index (χ3v) is 8.76. The summed E-state index contributed by atoms with van der Waals surface area (Å²) in [6.45, 7) is 6.82. The van der Waals surface area contributed by atoms with E-state index < -0.39 is 28.5 Å². The van der Waals surface area contributed by atoms with Crippen molar-refractivity contribution in [1.29, 1.82) is 0 Å². The van der Waals surface area contributed by atoms with E-state index in [9.17, 15) is 18.0 Å². The first-order chi connectivity index (χ1) is 18.4. The topological polar surface area (TPSA) is 86.8 Å². The maximum absolute atomic E-state index is 13.9. The first kappa shape index (κ1) is 30.5. The molecule has 0 saturated carbocycles. The Balaban J connectivity index is 2.05. The van der Waals surface area contributed by atoms with Gasteiger partial charge in [-0.05, 0) is 63.1 Å². The summed E-state index contributed by atoms with van der Waals surface area (Å²) in [5.74, 6) is -0.903. The highest BCUT2D eigenvalue weighted by Crippen LogP contribution is 2.33. The van der Waals surface area contributed by atoms with Gasteiger partial charge in [-0.1, -0.05) is 78.2 Å². The van der Waals surface area contributed by atoms with Gasteiger partial charge in [-0.2, -0.15) is 0 Å². The molecule has 0 saturated heterocycles. The Morgan fingerprint density at radius 1 is 0.949 bits per heavy atom. The van der Waals surface area contributed by atoms with Crippen LogP contribution in [-0.4, -0.2) is 43.8 Å². The molecule has 7 nitrogen and oxygen atoms in total. The molecule has 2 amide bonds. The zero-order valence-electron chi connectivity index (χ0n) is 22.4. The second-order valence-corrected chi connectivity index (χ2v) is 12.1. The molecule has 0 heterocycles. The molecule has 0 fully saturated rings. The van der Waals surface area contributed by atoms with E-state index in [0.29, 0.717) is 0 Å². The molecular formula is C29H33Cl2N3O4S. The second kappa shape index (κ2) is 13.3. The van der Waals surface area contributed by atoms with Gasteiger partial charge in [0.2, 0.25) is 11.8 Å². The van der Waals surface area contributed by atoms with Gasteiger partial charge in [0.25, 0.3) is 10.0 Å². The summed E-state index contributed by atoms with van der Waals surface area (Å²) in [6, 6.07) is 19.0. The average Bonchev–Trinajstić information content (AvgIpc) is 2.91. The van der Waals surface area contributed by atoms with Crippen LogP contribution in [0.25, 0.3) is 0 Å². The molecule has 3 aromatic rings. The van der Waals surface area contributed by atoms with E-state index in [0.717, 1.165) is 21.9 Å². The van der Waals surface area contributed by atoms with E-state index in [2.05, 4.69) is 5.32 Å². The molecule has 0 spiro atoms. The Morgan fingerprint density at radius 2 is 1.59 bits per heavy atom. The molecule has 3 rings (SSSR count). The predicted molar refractivity (Wildman–Crippen MR) is 157 cm³/mol. The van der Waals surface area contributed by atoms with Gasteiger partial charge in [0, 0.05) is 17.6 Å². The van der Waals surface area contributed by atoms with Gasteiger partial charge in [-0.3, -0.25) is 13.9 Å². The van der Waals surface area contributed by atoms with Crippen molar-refractivity contribution in [2.75, 3.05) is 10.8 Å². The van der Waals surface area contributed by atoms with Crippen LogP contribution in [-0.2, 0) is 26.2 Å². The predicted octanol–water partition coefficient (Wildman–Crippen LogP) is 5.83. The number of nitrogens with one attached hydrogen (secondary N) is 1. The Bertz CT molecular complexity index is 1400. The lowest BCUT2D eigenvalue weighted by Gasteiger charge is -2.32. The summed E-state index contributed by atoms with van der Waals surface area (Å²) in [5, 5.41) is 3.28. The number of benzene rings is 3. The zero-order chi connectivity index (χ0) is 28.7. The Hall–Kier alpha value is -3.07. The number of sulfonamides is 1. The fourth-order valence-corrected chi connectivity index (χ4v) is 5.72. The summed E-state index contributed by atoms with van der Waals surface area (Å²) < 4.78 is 28.7. The highest BCUT2D eigenvalue weighted by Gasteiger charge is 2.33. The van der Waals surface area contributed by atoms with Crippen LogP contribution in [0.3, 0.4) is 0 Å². The number of amides is 2. The molecule has 0 aliphatic carbocycles. The van der Waals surface area contributed by atoms with Crippen molar-refractivity contribution in [3.05, 3.63) is 94.0 Å². The lowest BCUT2D eigenvalue weighted by atomic mass is 10.1. The first-order valence-corrected chi connectivity index (χ1v) is 14.8. The zero-order valence-corrected chi connectivity index (χ0v) is 24.7. The molecule has 39 heavy (non-hydrogen) atoms. The number of carbonyl (C=O) groups is 2. The first-order valence-electron chi connectivity index (χ1n) is 12.6. The normalized spacial score (nSPS) is 12.9. The highest BCUT2D eigenvalue weighted by atomic mass is 35.5. The number of hydrogen-bond donors (Lipinski definition) is 1. The Morgan fingerprint density at radius 3 is 2.21 bits per heavy atom. The largest absolute Gasteiger partial charge is 0.352 e. The van der Waals surface area contributed by atoms with Crippen LogP contribution in [0.15, 0.2) is 77.7 Å². The van der Waals surface area contributed by atoms with Crippen molar-refractivity contribution in [2.45, 2.75) is 57.6 Å². The van der Waals surface area contributed by atoms with Crippen LogP contribution in [0.5, 0.6) is 0 Å². The summed E-state index contributed by atoms with van der Waals surface area (Å²) in [5.41, 5.74) is 1.74. The molecule has 10 heteroatoms. The minimum Gasteiger partial charge on any atom is -0.352 e. The quantitative estimate of drug-likeness (QED) is 0.305. The molecular weight excluding hydrogens is 557 g/mol. The molecule has 1 N–H and O–H groups in total.